The number of methoxy groups -OCH3 is 3. The molecule has 1 aromatic heterocycles. The highest BCUT2D eigenvalue weighted by molar-refractivity contribution is 6.30. The Bertz CT molecular complexity index is 1410. The zero-order chi connectivity index (χ0) is 24.4. The third-order valence-electron chi connectivity index (χ3n) is 5.21. The van der Waals surface area contributed by atoms with Gasteiger partial charge in [0.1, 0.15) is 5.58 Å². The number of carbonyl (C=O) groups is 1. The SMILES string of the molecule is COc1cc(C(=O)Oc2c(-c3ccc(Cl)cc3)oc3cc(C)ccc3c2=O)cc(OC)c1OC. The van der Waals surface area contributed by atoms with Crippen molar-refractivity contribution in [1.29, 1.82) is 0 Å². The number of halogens is 1. The Morgan fingerprint density at radius 2 is 1.50 bits per heavy atom. The van der Waals surface area contributed by atoms with Gasteiger partial charge in [0.2, 0.25) is 16.9 Å². The molecule has 4 rings (SSSR count). The van der Waals surface area contributed by atoms with Gasteiger partial charge in [0.05, 0.1) is 32.3 Å². The van der Waals surface area contributed by atoms with E-state index < -0.39 is 11.4 Å². The van der Waals surface area contributed by atoms with Crippen LogP contribution in [0.15, 0.2) is 63.8 Å². The summed E-state index contributed by atoms with van der Waals surface area (Å²) in [5.74, 6) is -0.0595. The zero-order valence-electron chi connectivity index (χ0n) is 18.9. The summed E-state index contributed by atoms with van der Waals surface area (Å²) in [5, 5.41) is 0.801. The predicted octanol–water partition coefficient (Wildman–Crippen LogP) is 5.67. The van der Waals surface area contributed by atoms with Crippen LogP contribution in [0.1, 0.15) is 15.9 Å². The van der Waals surface area contributed by atoms with Gasteiger partial charge < -0.3 is 23.4 Å². The minimum Gasteiger partial charge on any atom is -0.493 e. The molecule has 0 N–H and O–H groups in total. The standard InChI is InChI=1S/C26H21ClO7/c1-14-5-10-18-19(11-14)33-23(15-6-8-17(27)9-7-15)25(22(18)28)34-26(29)16-12-20(30-2)24(32-4)21(13-16)31-3/h5-13H,1-4H3. The normalized spacial score (nSPS) is 10.7. The van der Waals surface area contributed by atoms with Crippen LogP contribution in [-0.4, -0.2) is 27.3 Å². The number of benzene rings is 3. The van der Waals surface area contributed by atoms with Crippen molar-refractivity contribution in [2.45, 2.75) is 6.92 Å². The highest BCUT2D eigenvalue weighted by atomic mass is 35.5. The van der Waals surface area contributed by atoms with Gasteiger partial charge in [-0.1, -0.05) is 17.7 Å². The van der Waals surface area contributed by atoms with Crippen molar-refractivity contribution in [2.75, 3.05) is 21.3 Å². The maximum absolute atomic E-state index is 13.4. The first-order valence-electron chi connectivity index (χ1n) is 10.2. The van der Waals surface area contributed by atoms with Gasteiger partial charge in [-0.15, -0.1) is 0 Å². The van der Waals surface area contributed by atoms with Crippen molar-refractivity contribution in [2.24, 2.45) is 0 Å². The summed E-state index contributed by atoms with van der Waals surface area (Å²) in [7, 11) is 4.33. The number of carbonyl (C=O) groups excluding carboxylic acids is 1. The number of hydrogen-bond donors (Lipinski definition) is 0. The van der Waals surface area contributed by atoms with Crippen molar-refractivity contribution >= 4 is 28.5 Å². The van der Waals surface area contributed by atoms with E-state index in [9.17, 15) is 9.59 Å². The molecule has 0 spiro atoms. The van der Waals surface area contributed by atoms with Crippen molar-refractivity contribution < 1.29 is 28.2 Å². The number of fused-ring (bicyclic) bond motifs is 1. The van der Waals surface area contributed by atoms with E-state index in [2.05, 4.69) is 0 Å². The van der Waals surface area contributed by atoms with Crippen molar-refractivity contribution in [1.82, 2.24) is 0 Å². The Labute approximate surface area is 200 Å². The molecule has 7 nitrogen and oxygen atoms in total. The van der Waals surface area contributed by atoms with E-state index >= 15 is 0 Å². The summed E-state index contributed by atoms with van der Waals surface area (Å²) < 4.78 is 27.6. The number of rotatable bonds is 6. The van der Waals surface area contributed by atoms with Crippen LogP contribution in [-0.2, 0) is 0 Å². The topological polar surface area (TPSA) is 84.2 Å². The van der Waals surface area contributed by atoms with Crippen LogP contribution in [0.4, 0.5) is 0 Å². The van der Waals surface area contributed by atoms with Crippen LogP contribution >= 0.6 is 11.6 Å². The lowest BCUT2D eigenvalue weighted by Gasteiger charge is -2.14. The quantitative estimate of drug-likeness (QED) is 0.329. The second-order valence-corrected chi connectivity index (χ2v) is 7.84. The minimum atomic E-state index is -0.798. The van der Waals surface area contributed by atoms with Crippen LogP contribution in [0, 0.1) is 6.92 Å². The van der Waals surface area contributed by atoms with E-state index in [0.29, 0.717) is 21.9 Å². The lowest BCUT2D eigenvalue weighted by Crippen LogP contribution is -2.16. The summed E-state index contributed by atoms with van der Waals surface area (Å²) in [5.41, 5.74) is 1.44. The van der Waals surface area contributed by atoms with Gasteiger partial charge in [0, 0.05) is 10.6 Å². The fourth-order valence-electron chi connectivity index (χ4n) is 3.52. The van der Waals surface area contributed by atoms with Crippen molar-refractivity contribution in [3.05, 3.63) is 81.0 Å². The van der Waals surface area contributed by atoms with Crippen LogP contribution < -0.4 is 24.4 Å². The largest absolute Gasteiger partial charge is 0.493 e. The molecule has 3 aromatic carbocycles. The summed E-state index contributed by atoms with van der Waals surface area (Å²) in [6.45, 7) is 1.89. The van der Waals surface area contributed by atoms with Gasteiger partial charge in [0.15, 0.2) is 17.3 Å². The van der Waals surface area contributed by atoms with Crippen molar-refractivity contribution in [3.8, 4) is 34.3 Å². The van der Waals surface area contributed by atoms with Gasteiger partial charge in [-0.25, -0.2) is 4.79 Å². The number of aryl methyl sites for hydroxylation is 1. The van der Waals surface area contributed by atoms with E-state index in [0.717, 1.165) is 5.56 Å². The molecule has 174 valence electrons. The van der Waals surface area contributed by atoms with Gasteiger partial charge in [0.25, 0.3) is 0 Å². The van der Waals surface area contributed by atoms with Crippen LogP contribution in [0.2, 0.25) is 5.02 Å². The summed E-state index contributed by atoms with van der Waals surface area (Å²) >= 11 is 6.02. The average Bonchev–Trinajstić information content (AvgIpc) is 2.84. The Hall–Kier alpha value is -3.97. The first-order valence-corrected chi connectivity index (χ1v) is 10.6. The van der Waals surface area contributed by atoms with E-state index in [1.165, 1.54) is 33.5 Å². The summed E-state index contributed by atoms with van der Waals surface area (Å²) in [6, 6.07) is 14.7. The minimum absolute atomic E-state index is 0.0972. The fraction of sp³-hybridized carbons (Fsp3) is 0.154. The molecule has 0 aliphatic heterocycles. The van der Waals surface area contributed by atoms with Gasteiger partial charge in [-0.2, -0.15) is 0 Å². The smallest absolute Gasteiger partial charge is 0.344 e. The Balaban J connectivity index is 1.87. The molecule has 0 unspecified atom stereocenters. The molecule has 8 heteroatoms. The molecule has 0 fully saturated rings. The first-order chi connectivity index (χ1) is 16.4. The molecule has 0 atom stereocenters. The number of hydrogen-bond acceptors (Lipinski definition) is 7. The van der Waals surface area contributed by atoms with Crippen molar-refractivity contribution in [3.63, 3.8) is 0 Å². The molecule has 0 saturated heterocycles. The third kappa shape index (κ3) is 4.30. The predicted molar refractivity (Wildman–Crippen MR) is 129 cm³/mol. The Morgan fingerprint density at radius 1 is 0.853 bits per heavy atom. The van der Waals surface area contributed by atoms with E-state index in [-0.39, 0.29) is 34.0 Å². The van der Waals surface area contributed by atoms with E-state index in [4.69, 9.17) is 35.0 Å². The molecule has 0 bridgehead atoms. The van der Waals surface area contributed by atoms with E-state index in [1.807, 2.05) is 6.92 Å². The molecule has 0 aliphatic rings. The highest BCUT2D eigenvalue weighted by Gasteiger charge is 2.24. The van der Waals surface area contributed by atoms with Crippen LogP contribution in [0.5, 0.6) is 23.0 Å². The summed E-state index contributed by atoms with van der Waals surface area (Å²) in [4.78, 5) is 26.5. The van der Waals surface area contributed by atoms with Gasteiger partial charge in [-0.05, 0) is 61.0 Å². The Morgan fingerprint density at radius 3 is 2.09 bits per heavy atom. The van der Waals surface area contributed by atoms with Gasteiger partial charge in [-0.3, -0.25) is 4.79 Å². The monoisotopic (exact) mass is 480 g/mol. The molecule has 1 heterocycles. The fourth-order valence-corrected chi connectivity index (χ4v) is 3.64. The lowest BCUT2D eigenvalue weighted by atomic mass is 10.1. The molecular weight excluding hydrogens is 460 g/mol. The zero-order valence-corrected chi connectivity index (χ0v) is 19.7. The first kappa shape index (κ1) is 23.2. The number of esters is 1. The number of ether oxygens (including phenoxy) is 4. The second-order valence-electron chi connectivity index (χ2n) is 7.40. The van der Waals surface area contributed by atoms with Gasteiger partial charge >= 0.3 is 5.97 Å². The van der Waals surface area contributed by atoms with E-state index in [1.54, 1.807) is 42.5 Å². The summed E-state index contributed by atoms with van der Waals surface area (Å²) in [6.07, 6.45) is 0. The molecule has 0 aliphatic carbocycles. The molecule has 34 heavy (non-hydrogen) atoms. The molecular formula is C26H21ClO7. The maximum atomic E-state index is 13.4. The maximum Gasteiger partial charge on any atom is 0.344 e. The van der Waals surface area contributed by atoms with Crippen LogP contribution in [0.3, 0.4) is 0 Å². The molecule has 0 amide bonds. The molecule has 4 aromatic rings. The molecule has 0 saturated carbocycles. The average molecular weight is 481 g/mol. The third-order valence-corrected chi connectivity index (χ3v) is 5.46. The second kappa shape index (κ2) is 9.49. The Kier molecular flexibility index (Phi) is 6.47. The van der Waals surface area contributed by atoms with Crippen LogP contribution in [0.25, 0.3) is 22.3 Å². The highest BCUT2D eigenvalue weighted by Crippen LogP contribution is 2.39. The lowest BCUT2D eigenvalue weighted by molar-refractivity contribution is 0.0730. The molecule has 0 radical (unpaired) electrons.